The molecule has 1 saturated heterocycles. The van der Waals surface area contributed by atoms with E-state index < -0.39 is 9.84 Å². The molecule has 1 aromatic heterocycles. The molecule has 27 heavy (non-hydrogen) atoms. The summed E-state index contributed by atoms with van der Waals surface area (Å²) in [6, 6.07) is 0.355. The number of aromatic nitrogens is 3. The van der Waals surface area contributed by atoms with Gasteiger partial charge in [0.1, 0.15) is 5.82 Å². The van der Waals surface area contributed by atoms with Gasteiger partial charge in [-0.2, -0.15) is 0 Å². The second kappa shape index (κ2) is 8.51. The molecule has 152 valence electrons. The molecule has 1 aliphatic heterocycles. The molecule has 2 fully saturated rings. The van der Waals surface area contributed by atoms with Gasteiger partial charge in [-0.15, -0.1) is 10.2 Å². The summed E-state index contributed by atoms with van der Waals surface area (Å²) in [5.74, 6) is 1.56. The molecule has 1 aromatic rings. The van der Waals surface area contributed by atoms with Crippen molar-refractivity contribution < 1.29 is 13.2 Å². The van der Waals surface area contributed by atoms with Gasteiger partial charge in [-0.1, -0.05) is 31.0 Å². The van der Waals surface area contributed by atoms with Crippen LogP contribution in [0.25, 0.3) is 0 Å². The van der Waals surface area contributed by atoms with E-state index in [4.69, 9.17) is 0 Å². The van der Waals surface area contributed by atoms with Crippen LogP contribution in [0.2, 0.25) is 0 Å². The average Bonchev–Trinajstić information content (AvgIpc) is 3.17. The number of rotatable bonds is 6. The van der Waals surface area contributed by atoms with E-state index in [1.807, 2.05) is 30.5 Å². The van der Waals surface area contributed by atoms with Gasteiger partial charge in [0, 0.05) is 26.6 Å². The first-order valence-corrected chi connectivity index (χ1v) is 12.5. The van der Waals surface area contributed by atoms with E-state index in [0.29, 0.717) is 24.0 Å². The minimum absolute atomic E-state index is 0.118. The summed E-state index contributed by atoms with van der Waals surface area (Å²) in [7, 11) is 0.922. The molecule has 2 heterocycles. The Hall–Kier alpha value is -1.09. The third-order valence-corrected chi connectivity index (χ3v) is 8.78. The lowest BCUT2D eigenvalue weighted by molar-refractivity contribution is -0.131. The highest BCUT2D eigenvalue weighted by Crippen LogP contribution is 2.28. The van der Waals surface area contributed by atoms with Gasteiger partial charge in [0.2, 0.25) is 5.91 Å². The van der Waals surface area contributed by atoms with Crippen molar-refractivity contribution in [2.24, 2.45) is 13.0 Å². The standard InChI is InChI=1S/C18H30N4O3S2/c1-13(17(23)21(2)15-7-5-4-6-8-15)26-18-20-19-16(22(18)3)11-14-9-10-27(24,25)12-14/h13-15H,4-12H2,1-3H3. The van der Waals surface area contributed by atoms with Gasteiger partial charge in [-0.25, -0.2) is 8.42 Å². The Bertz CT molecular complexity index is 772. The molecule has 1 saturated carbocycles. The Morgan fingerprint density at radius 3 is 2.59 bits per heavy atom. The predicted octanol–water partition coefficient (Wildman–Crippen LogP) is 2.06. The van der Waals surface area contributed by atoms with Crippen molar-refractivity contribution in [3.8, 4) is 0 Å². The minimum Gasteiger partial charge on any atom is -0.342 e. The maximum absolute atomic E-state index is 12.8. The van der Waals surface area contributed by atoms with Crippen molar-refractivity contribution in [1.82, 2.24) is 19.7 Å². The first kappa shape index (κ1) is 20.6. The SMILES string of the molecule is CC(Sc1nnc(CC2CCS(=O)(=O)C2)n1C)C(=O)N(C)C1CCCCC1. The Labute approximate surface area is 166 Å². The molecule has 2 aliphatic rings. The molecule has 0 spiro atoms. The number of carbonyl (C=O) groups is 1. The molecule has 0 aromatic carbocycles. The molecule has 0 radical (unpaired) electrons. The first-order valence-electron chi connectivity index (χ1n) is 9.79. The zero-order chi connectivity index (χ0) is 19.6. The van der Waals surface area contributed by atoms with Crippen LogP contribution >= 0.6 is 11.8 Å². The quantitative estimate of drug-likeness (QED) is 0.663. The Kier molecular flexibility index (Phi) is 6.50. The van der Waals surface area contributed by atoms with Gasteiger partial charge in [0.25, 0.3) is 0 Å². The van der Waals surface area contributed by atoms with Crippen LogP contribution in [-0.4, -0.2) is 63.8 Å². The summed E-state index contributed by atoms with van der Waals surface area (Å²) in [4.78, 5) is 14.7. The minimum atomic E-state index is -2.89. The number of thioether (sulfide) groups is 1. The van der Waals surface area contributed by atoms with Crippen LogP contribution in [0.1, 0.15) is 51.3 Å². The predicted molar refractivity (Wildman–Crippen MR) is 106 cm³/mol. The summed E-state index contributed by atoms with van der Waals surface area (Å²) >= 11 is 1.43. The maximum atomic E-state index is 12.8. The van der Waals surface area contributed by atoms with Gasteiger partial charge in [-0.05, 0) is 32.1 Å². The topological polar surface area (TPSA) is 85.2 Å². The van der Waals surface area contributed by atoms with E-state index in [9.17, 15) is 13.2 Å². The highest BCUT2D eigenvalue weighted by Gasteiger charge is 2.30. The largest absolute Gasteiger partial charge is 0.342 e. The number of nitrogens with zero attached hydrogens (tertiary/aromatic N) is 4. The second-order valence-electron chi connectivity index (χ2n) is 7.93. The van der Waals surface area contributed by atoms with Gasteiger partial charge in [0.15, 0.2) is 15.0 Å². The molecule has 1 aliphatic carbocycles. The van der Waals surface area contributed by atoms with Crippen molar-refractivity contribution in [3.05, 3.63) is 5.82 Å². The number of amides is 1. The Morgan fingerprint density at radius 1 is 1.26 bits per heavy atom. The summed E-state index contributed by atoms with van der Waals surface area (Å²) in [6.45, 7) is 1.92. The Balaban J connectivity index is 1.58. The fourth-order valence-electron chi connectivity index (χ4n) is 4.06. The van der Waals surface area contributed by atoms with E-state index in [1.54, 1.807) is 0 Å². The fourth-order valence-corrected chi connectivity index (χ4v) is 6.86. The summed E-state index contributed by atoms with van der Waals surface area (Å²) in [5, 5.41) is 8.98. The van der Waals surface area contributed by atoms with Crippen LogP contribution in [0.5, 0.6) is 0 Å². The van der Waals surface area contributed by atoms with Crippen LogP contribution in [0.3, 0.4) is 0 Å². The zero-order valence-corrected chi connectivity index (χ0v) is 18.1. The lowest BCUT2D eigenvalue weighted by Crippen LogP contribution is -2.42. The number of sulfone groups is 1. The van der Waals surface area contributed by atoms with Crippen LogP contribution in [0, 0.1) is 5.92 Å². The number of carbonyl (C=O) groups excluding carboxylic acids is 1. The second-order valence-corrected chi connectivity index (χ2v) is 11.5. The highest BCUT2D eigenvalue weighted by atomic mass is 32.2. The normalized spacial score (nSPS) is 24.0. The van der Waals surface area contributed by atoms with E-state index in [1.165, 1.54) is 31.0 Å². The van der Waals surface area contributed by atoms with Gasteiger partial charge >= 0.3 is 0 Å². The molecule has 2 unspecified atom stereocenters. The molecular formula is C18H30N4O3S2. The van der Waals surface area contributed by atoms with Crippen LogP contribution in [0.4, 0.5) is 0 Å². The van der Waals surface area contributed by atoms with Crippen LogP contribution < -0.4 is 0 Å². The van der Waals surface area contributed by atoms with Gasteiger partial charge < -0.3 is 9.47 Å². The zero-order valence-electron chi connectivity index (χ0n) is 16.4. The smallest absolute Gasteiger partial charge is 0.235 e. The fraction of sp³-hybridized carbons (Fsp3) is 0.833. The van der Waals surface area contributed by atoms with Crippen molar-refractivity contribution in [1.29, 1.82) is 0 Å². The summed E-state index contributed by atoms with van der Waals surface area (Å²) in [6.07, 6.45) is 7.18. The summed E-state index contributed by atoms with van der Waals surface area (Å²) in [5.41, 5.74) is 0. The average molecular weight is 415 g/mol. The van der Waals surface area contributed by atoms with Crippen molar-refractivity contribution in [2.45, 2.75) is 68.3 Å². The first-order chi connectivity index (χ1) is 12.8. The molecule has 2 atom stereocenters. The lowest BCUT2D eigenvalue weighted by atomic mass is 9.94. The van der Waals surface area contributed by atoms with Crippen molar-refractivity contribution in [2.75, 3.05) is 18.6 Å². The van der Waals surface area contributed by atoms with Crippen molar-refractivity contribution >= 4 is 27.5 Å². The third kappa shape index (κ3) is 5.04. The van der Waals surface area contributed by atoms with Crippen LogP contribution in [-0.2, 0) is 28.1 Å². The maximum Gasteiger partial charge on any atom is 0.235 e. The molecule has 0 N–H and O–H groups in total. The van der Waals surface area contributed by atoms with Crippen molar-refractivity contribution in [3.63, 3.8) is 0 Å². The molecular weight excluding hydrogens is 384 g/mol. The van der Waals surface area contributed by atoms with E-state index in [-0.39, 0.29) is 28.6 Å². The summed E-state index contributed by atoms with van der Waals surface area (Å²) < 4.78 is 25.2. The van der Waals surface area contributed by atoms with Gasteiger partial charge in [0.05, 0.1) is 16.8 Å². The van der Waals surface area contributed by atoms with E-state index in [2.05, 4.69) is 10.2 Å². The molecule has 0 bridgehead atoms. The van der Waals surface area contributed by atoms with Gasteiger partial charge in [-0.3, -0.25) is 4.79 Å². The van der Waals surface area contributed by atoms with E-state index in [0.717, 1.165) is 18.7 Å². The van der Waals surface area contributed by atoms with Crippen LogP contribution in [0.15, 0.2) is 5.16 Å². The highest BCUT2D eigenvalue weighted by molar-refractivity contribution is 8.00. The van der Waals surface area contributed by atoms with E-state index >= 15 is 0 Å². The Morgan fingerprint density at radius 2 is 1.96 bits per heavy atom. The lowest BCUT2D eigenvalue weighted by Gasteiger charge is -2.32. The molecule has 3 rings (SSSR count). The molecule has 1 amide bonds. The third-order valence-electron chi connectivity index (χ3n) is 5.82. The molecule has 7 nitrogen and oxygen atoms in total. The number of hydrogen-bond acceptors (Lipinski definition) is 6. The monoisotopic (exact) mass is 414 g/mol. The molecule has 9 heteroatoms. The number of hydrogen-bond donors (Lipinski definition) is 0.